The summed E-state index contributed by atoms with van der Waals surface area (Å²) in [6, 6.07) is 7.73. The van der Waals surface area contributed by atoms with Gasteiger partial charge in [0.05, 0.1) is 11.1 Å². The molecule has 2 aromatic rings. The van der Waals surface area contributed by atoms with Gasteiger partial charge < -0.3 is 11.1 Å². The molecular weight excluding hydrogens is 270 g/mol. The van der Waals surface area contributed by atoms with Crippen molar-refractivity contribution in [1.82, 2.24) is 4.98 Å². The SMILES string of the molecule is CCc1ccccc1C(=O)c1cnc(NCCCN)s1. The van der Waals surface area contributed by atoms with E-state index in [1.807, 2.05) is 24.3 Å². The van der Waals surface area contributed by atoms with E-state index in [2.05, 4.69) is 17.2 Å². The van der Waals surface area contributed by atoms with Crippen LogP contribution in [0.15, 0.2) is 30.5 Å². The number of carbonyl (C=O) groups is 1. The highest BCUT2D eigenvalue weighted by Crippen LogP contribution is 2.23. The maximum atomic E-state index is 12.5. The van der Waals surface area contributed by atoms with Crippen molar-refractivity contribution in [3.63, 3.8) is 0 Å². The summed E-state index contributed by atoms with van der Waals surface area (Å²) >= 11 is 1.39. The van der Waals surface area contributed by atoms with Crippen molar-refractivity contribution in [3.8, 4) is 0 Å². The van der Waals surface area contributed by atoms with E-state index in [1.54, 1.807) is 6.20 Å². The van der Waals surface area contributed by atoms with Crippen molar-refractivity contribution < 1.29 is 4.79 Å². The third kappa shape index (κ3) is 3.43. The predicted molar refractivity (Wildman–Crippen MR) is 83.5 cm³/mol. The van der Waals surface area contributed by atoms with Crippen LogP contribution in [0.5, 0.6) is 0 Å². The molecule has 0 atom stereocenters. The lowest BCUT2D eigenvalue weighted by Crippen LogP contribution is -2.07. The van der Waals surface area contributed by atoms with Gasteiger partial charge in [0.25, 0.3) is 0 Å². The summed E-state index contributed by atoms with van der Waals surface area (Å²) in [5.41, 5.74) is 7.29. The van der Waals surface area contributed by atoms with Crippen LogP contribution in [0.3, 0.4) is 0 Å². The van der Waals surface area contributed by atoms with E-state index in [1.165, 1.54) is 11.3 Å². The van der Waals surface area contributed by atoms with Gasteiger partial charge >= 0.3 is 0 Å². The number of ketones is 1. The highest BCUT2D eigenvalue weighted by Gasteiger charge is 2.15. The number of carbonyl (C=O) groups excluding carboxylic acids is 1. The lowest BCUT2D eigenvalue weighted by atomic mass is 10.0. The first kappa shape index (κ1) is 14.7. The fourth-order valence-electron chi connectivity index (χ4n) is 1.94. The van der Waals surface area contributed by atoms with Crippen LogP contribution < -0.4 is 11.1 Å². The molecular formula is C15H19N3OS. The van der Waals surface area contributed by atoms with Gasteiger partial charge in [0, 0.05) is 12.1 Å². The molecule has 20 heavy (non-hydrogen) atoms. The number of benzene rings is 1. The van der Waals surface area contributed by atoms with Crippen LogP contribution >= 0.6 is 11.3 Å². The summed E-state index contributed by atoms with van der Waals surface area (Å²) in [5, 5.41) is 3.95. The zero-order chi connectivity index (χ0) is 14.4. The number of thiazole rings is 1. The molecule has 0 aliphatic carbocycles. The first-order valence-electron chi connectivity index (χ1n) is 6.78. The van der Waals surface area contributed by atoms with Gasteiger partial charge in [-0.1, -0.05) is 42.5 Å². The van der Waals surface area contributed by atoms with Gasteiger partial charge in [-0.05, 0) is 24.9 Å². The first-order chi connectivity index (χ1) is 9.76. The van der Waals surface area contributed by atoms with Crippen LogP contribution in [0.1, 0.15) is 34.1 Å². The van der Waals surface area contributed by atoms with Crippen molar-refractivity contribution in [2.45, 2.75) is 19.8 Å². The van der Waals surface area contributed by atoms with Crippen molar-refractivity contribution in [2.75, 3.05) is 18.4 Å². The Labute approximate surface area is 123 Å². The second-order valence-corrected chi connectivity index (χ2v) is 5.47. The van der Waals surface area contributed by atoms with E-state index in [0.717, 1.165) is 35.6 Å². The molecule has 5 heteroatoms. The summed E-state index contributed by atoms with van der Waals surface area (Å²) in [6.45, 7) is 3.48. The molecule has 4 nitrogen and oxygen atoms in total. The highest BCUT2D eigenvalue weighted by molar-refractivity contribution is 7.17. The van der Waals surface area contributed by atoms with Gasteiger partial charge in [0.1, 0.15) is 0 Å². The average molecular weight is 289 g/mol. The molecule has 1 heterocycles. The number of hydrogen-bond acceptors (Lipinski definition) is 5. The molecule has 1 aromatic carbocycles. The maximum absolute atomic E-state index is 12.5. The molecule has 0 amide bonds. The average Bonchev–Trinajstić information content (AvgIpc) is 2.95. The Balaban J connectivity index is 2.13. The van der Waals surface area contributed by atoms with Crippen LogP contribution in [0.25, 0.3) is 0 Å². The fourth-order valence-corrected chi connectivity index (χ4v) is 2.74. The van der Waals surface area contributed by atoms with Gasteiger partial charge in [0.2, 0.25) is 5.78 Å². The predicted octanol–water partition coefficient (Wildman–Crippen LogP) is 2.70. The molecule has 106 valence electrons. The molecule has 0 saturated heterocycles. The quantitative estimate of drug-likeness (QED) is 0.607. The van der Waals surface area contributed by atoms with E-state index in [0.29, 0.717) is 11.4 Å². The molecule has 0 radical (unpaired) electrons. The second kappa shape index (κ2) is 7.17. The Bertz CT molecular complexity index is 580. The Morgan fingerprint density at radius 2 is 2.20 bits per heavy atom. The number of nitrogens with one attached hydrogen (secondary N) is 1. The van der Waals surface area contributed by atoms with E-state index in [-0.39, 0.29) is 5.78 Å². The lowest BCUT2D eigenvalue weighted by Gasteiger charge is -2.04. The summed E-state index contributed by atoms with van der Waals surface area (Å²) < 4.78 is 0. The minimum Gasteiger partial charge on any atom is -0.361 e. The topological polar surface area (TPSA) is 68.0 Å². The molecule has 0 spiro atoms. The monoisotopic (exact) mass is 289 g/mol. The lowest BCUT2D eigenvalue weighted by molar-refractivity contribution is 0.104. The number of aryl methyl sites for hydroxylation is 1. The molecule has 0 saturated carbocycles. The van der Waals surface area contributed by atoms with E-state index < -0.39 is 0 Å². The standard InChI is InChI=1S/C15H19N3OS/c1-2-11-6-3-4-7-12(11)14(19)13-10-18-15(20-13)17-9-5-8-16/h3-4,6-7,10H,2,5,8-9,16H2,1H3,(H,17,18). The van der Waals surface area contributed by atoms with Gasteiger partial charge in [-0.25, -0.2) is 4.98 Å². The highest BCUT2D eigenvalue weighted by atomic mass is 32.1. The van der Waals surface area contributed by atoms with Crippen molar-refractivity contribution >= 4 is 22.3 Å². The minimum atomic E-state index is 0.0480. The number of hydrogen-bond donors (Lipinski definition) is 2. The van der Waals surface area contributed by atoms with Crippen molar-refractivity contribution in [1.29, 1.82) is 0 Å². The fraction of sp³-hybridized carbons (Fsp3) is 0.333. The Kier molecular flexibility index (Phi) is 5.26. The summed E-state index contributed by atoms with van der Waals surface area (Å²) in [6.07, 6.45) is 3.38. The second-order valence-electron chi connectivity index (χ2n) is 4.44. The minimum absolute atomic E-state index is 0.0480. The third-order valence-corrected chi connectivity index (χ3v) is 3.98. The number of nitrogens with two attached hydrogens (primary N) is 1. The zero-order valence-electron chi connectivity index (χ0n) is 11.6. The van der Waals surface area contributed by atoms with Gasteiger partial charge in [-0.15, -0.1) is 0 Å². The molecule has 1 aromatic heterocycles. The Morgan fingerprint density at radius 3 is 2.95 bits per heavy atom. The number of rotatable bonds is 7. The first-order valence-corrected chi connectivity index (χ1v) is 7.60. The largest absolute Gasteiger partial charge is 0.361 e. The molecule has 2 rings (SSSR count). The summed E-state index contributed by atoms with van der Waals surface area (Å²) in [4.78, 5) is 17.4. The Morgan fingerprint density at radius 1 is 1.40 bits per heavy atom. The van der Waals surface area contributed by atoms with E-state index in [9.17, 15) is 4.79 Å². The van der Waals surface area contributed by atoms with Crippen LogP contribution in [0, 0.1) is 0 Å². The number of aromatic nitrogens is 1. The van der Waals surface area contributed by atoms with Crippen molar-refractivity contribution in [3.05, 3.63) is 46.5 Å². The van der Waals surface area contributed by atoms with Crippen LogP contribution in [0.4, 0.5) is 5.13 Å². The van der Waals surface area contributed by atoms with Crippen LogP contribution in [-0.4, -0.2) is 23.9 Å². The number of anilines is 1. The maximum Gasteiger partial charge on any atom is 0.204 e. The normalized spacial score (nSPS) is 10.5. The molecule has 0 bridgehead atoms. The number of nitrogens with zero attached hydrogens (tertiary/aromatic N) is 1. The van der Waals surface area contributed by atoms with Gasteiger partial charge in [0.15, 0.2) is 5.13 Å². The summed E-state index contributed by atoms with van der Waals surface area (Å²) in [7, 11) is 0. The van der Waals surface area contributed by atoms with Gasteiger partial charge in [-0.3, -0.25) is 4.79 Å². The smallest absolute Gasteiger partial charge is 0.204 e. The van der Waals surface area contributed by atoms with Crippen LogP contribution in [-0.2, 0) is 6.42 Å². The summed E-state index contributed by atoms with van der Waals surface area (Å²) in [5.74, 6) is 0.0480. The zero-order valence-corrected chi connectivity index (χ0v) is 12.4. The van der Waals surface area contributed by atoms with E-state index in [4.69, 9.17) is 5.73 Å². The Hall–Kier alpha value is -1.72. The molecule has 0 aliphatic heterocycles. The van der Waals surface area contributed by atoms with Gasteiger partial charge in [-0.2, -0.15) is 0 Å². The van der Waals surface area contributed by atoms with Crippen molar-refractivity contribution in [2.24, 2.45) is 5.73 Å². The third-order valence-electron chi connectivity index (χ3n) is 3.03. The molecule has 0 aliphatic rings. The van der Waals surface area contributed by atoms with Crippen LogP contribution in [0.2, 0.25) is 0 Å². The molecule has 0 unspecified atom stereocenters. The molecule has 3 N–H and O–H groups in total. The van der Waals surface area contributed by atoms with E-state index >= 15 is 0 Å². The molecule has 0 fully saturated rings.